The first-order chi connectivity index (χ1) is 7.74. The van der Waals surface area contributed by atoms with E-state index in [1.54, 1.807) is 7.11 Å². The van der Waals surface area contributed by atoms with Gasteiger partial charge in [-0.1, -0.05) is 23.7 Å². The number of aliphatic hydroxyl groups excluding tert-OH is 1. The summed E-state index contributed by atoms with van der Waals surface area (Å²) in [5.41, 5.74) is 0.936. The molecule has 0 aliphatic carbocycles. The third-order valence-electron chi connectivity index (χ3n) is 2.11. The van der Waals surface area contributed by atoms with Crippen LogP contribution in [-0.2, 0) is 6.61 Å². The Morgan fingerprint density at radius 2 is 2.31 bits per heavy atom. The average molecular weight is 256 g/mol. The highest BCUT2D eigenvalue weighted by Crippen LogP contribution is 2.32. The quantitative estimate of drug-likeness (QED) is 0.917. The van der Waals surface area contributed by atoms with Crippen molar-refractivity contribution < 1.29 is 9.84 Å². The second-order valence-corrected chi connectivity index (χ2v) is 4.56. The summed E-state index contributed by atoms with van der Waals surface area (Å²) in [6.07, 6.45) is 0. The predicted molar refractivity (Wildman–Crippen MR) is 65.0 cm³/mol. The standard InChI is InChI=1S/C11H10ClNO2S/c1-15-8-4-2-3-7(5-8)11-13-10(12)9(6-14)16-11/h2-5,14H,6H2,1H3. The number of aromatic nitrogens is 1. The Morgan fingerprint density at radius 3 is 2.94 bits per heavy atom. The SMILES string of the molecule is COc1cccc(-c2nc(Cl)c(CO)s2)c1. The molecule has 0 atom stereocenters. The Hall–Kier alpha value is -1.10. The molecule has 0 saturated heterocycles. The Kier molecular flexibility index (Phi) is 3.43. The lowest BCUT2D eigenvalue weighted by molar-refractivity contribution is 0.285. The van der Waals surface area contributed by atoms with Crippen molar-refractivity contribution >= 4 is 22.9 Å². The van der Waals surface area contributed by atoms with E-state index in [4.69, 9.17) is 21.4 Å². The van der Waals surface area contributed by atoms with Crippen LogP contribution < -0.4 is 4.74 Å². The van der Waals surface area contributed by atoms with Crippen LogP contribution in [0.15, 0.2) is 24.3 Å². The fourth-order valence-electron chi connectivity index (χ4n) is 1.31. The van der Waals surface area contributed by atoms with Gasteiger partial charge in [0.2, 0.25) is 0 Å². The molecule has 0 saturated carbocycles. The minimum Gasteiger partial charge on any atom is -0.497 e. The largest absolute Gasteiger partial charge is 0.497 e. The summed E-state index contributed by atoms with van der Waals surface area (Å²) >= 11 is 7.26. The molecule has 84 valence electrons. The lowest BCUT2D eigenvalue weighted by Crippen LogP contribution is -1.82. The summed E-state index contributed by atoms with van der Waals surface area (Å²) < 4.78 is 5.13. The molecule has 0 fully saturated rings. The number of halogens is 1. The molecule has 0 aliphatic rings. The van der Waals surface area contributed by atoms with E-state index in [0.717, 1.165) is 16.3 Å². The van der Waals surface area contributed by atoms with Crippen molar-refractivity contribution in [3.8, 4) is 16.3 Å². The van der Waals surface area contributed by atoms with E-state index in [1.165, 1.54) is 11.3 Å². The first-order valence-electron chi connectivity index (χ1n) is 4.65. The van der Waals surface area contributed by atoms with Crippen LogP contribution in [0.1, 0.15) is 4.88 Å². The predicted octanol–water partition coefficient (Wildman–Crippen LogP) is 2.96. The van der Waals surface area contributed by atoms with Crippen LogP contribution in [0.5, 0.6) is 5.75 Å². The summed E-state index contributed by atoms with van der Waals surface area (Å²) in [6.45, 7) is -0.0829. The van der Waals surface area contributed by atoms with E-state index in [-0.39, 0.29) is 6.61 Å². The van der Waals surface area contributed by atoms with Gasteiger partial charge in [0.05, 0.1) is 18.6 Å². The van der Waals surface area contributed by atoms with Crippen molar-refractivity contribution in [2.24, 2.45) is 0 Å². The molecular formula is C11H10ClNO2S. The normalized spacial score (nSPS) is 10.4. The zero-order chi connectivity index (χ0) is 11.5. The molecular weight excluding hydrogens is 246 g/mol. The first-order valence-corrected chi connectivity index (χ1v) is 5.84. The van der Waals surface area contributed by atoms with Gasteiger partial charge in [-0.3, -0.25) is 0 Å². The highest BCUT2D eigenvalue weighted by molar-refractivity contribution is 7.15. The average Bonchev–Trinajstić information content (AvgIpc) is 2.71. The number of hydrogen-bond acceptors (Lipinski definition) is 4. The highest BCUT2D eigenvalue weighted by atomic mass is 35.5. The van der Waals surface area contributed by atoms with Gasteiger partial charge < -0.3 is 9.84 Å². The van der Waals surface area contributed by atoms with E-state index in [1.807, 2.05) is 24.3 Å². The second kappa shape index (κ2) is 4.82. The Labute approximate surface area is 102 Å². The number of thiazole rings is 1. The molecule has 5 heteroatoms. The van der Waals surface area contributed by atoms with Crippen LogP contribution in [0.3, 0.4) is 0 Å². The molecule has 1 aromatic heterocycles. The molecule has 0 aliphatic heterocycles. The van der Waals surface area contributed by atoms with E-state index < -0.39 is 0 Å². The smallest absolute Gasteiger partial charge is 0.146 e. The number of nitrogens with zero attached hydrogens (tertiary/aromatic N) is 1. The van der Waals surface area contributed by atoms with Crippen molar-refractivity contribution in [2.75, 3.05) is 7.11 Å². The zero-order valence-corrected chi connectivity index (χ0v) is 10.2. The molecule has 1 heterocycles. The van der Waals surface area contributed by atoms with Crippen molar-refractivity contribution in [1.29, 1.82) is 0 Å². The number of hydrogen-bond donors (Lipinski definition) is 1. The lowest BCUT2D eigenvalue weighted by atomic mass is 10.2. The summed E-state index contributed by atoms with van der Waals surface area (Å²) in [5, 5.41) is 10.2. The van der Waals surface area contributed by atoms with Crippen molar-refractivity contribution in [3.63, 3.8) is 0 Å². The van der Waals surface area contributed by atoms with Gasteiger partial charge in [-0.2, -0.15) is 0 Å². The van der Waals surface area contributed by atoms with Crippen LogP contribution in [-0.4, -0.2) is 17.2 Å². The Morgan fingerprint density at radius 1 is 1.50 bits per heavy atom. The molecule has 0 radical (unpaired) electrons. The van der Waals surface area contributed by atoms with Crippen molar-refractivity contribution in [3.05, 3.63) is 34.3 Å². The van der Waals surface area contributed by atoms with Gasteiger partial charge in [0.15, 0.2) is 0 Å². The number of ether oxygens (including phenoxy) is 1. The number of rotatable bonds is 3. The minimum atomic E-state index is -0.0829. The van der Waals surface area contributed by atoms with E-state index in [0.29, 0.717) is 10.0 Å². The summed E-state index contributed by atoms with van der Waals surface area (Å²) in [4.78, 5) is 4.88. The molecule has 3 nitrogen and oxygen atoms in total. The molecule has 0 unspecified atom stereocenters. The van der Waals surface area contributed by atoms with Gasteiger partial charge >= 0.3 is 0 Å². The Balaban J connectivity index is 2.41. The van der Waals surface area contributed by atoms with Gasteiger partial charge in [0, 0.05) is 5.56 Å². The van der Waals surface area contributed by atoms with Crippen molar-refractivity contribution in [1.82, 2.24) is 4.98 Å². The maximum absolute atomic E-state index is 9.04. The monoisotopic (exact) mass is 255 g/mol. The zero-order valence-electron chi connectivity index (χ0n) is 8.61. The lowest BCUT2D eigenvalue weighted by Gasteiger charge is -2.00. The third kappa shape index (κ3) is 2.19. The van der Waals surface area contributed by atoms with Crippen LogP contribution in [0, 0.1) is 0 Å². The molecule has 16 heavy (non-hydrogen) atoms. The highest BCUT2D eigenvalue weighted by Gasteiger charge is 2.10. The van der Waals surface area contributed by atoms with Gasteiger partial charge in [0.25, 0.3) is 0 Å². The van der Waals surface area contributed by atoms with E-state index in [9.17, 15) is 0 Å². The topological polar surface area (TPSA) is 42.4 Å². The number of aliphatic hydroxyl groups is 1. The van der Waals surface area contributed by atoms with Gasteiger partial charge in [-0.25, -0.2) is 4.98 Å². The third-order valence-corrected chi connectivity index (χ3v) is 3.62. The molecule has 0 spiro atoms. The molecule has 2 rings (SSSR count). The summed E-state index contributed by atoms with van der Waals surface area (Å²) in [5.74, 6) is 0.773. The molecule has 1 aromatic carbocycles. The van der Waals surface area contributed by atoms with Crippen LogP contribution in [0.2, 0.25) is 5.15 Å². The van der Waals surface area contributed by atoms with Crippen LogP contribution >= 0.6 is 22.9 Å². The second-order valence-electron chi connectivity index (χ2n) is 3.12. The minimum absolute atomic E-state index is 0.0829. The van der Waals surface area contributed by atoms with Crippen molar-refractivity contribution in [2.45, 2.75) is 6.61 Å². The molecule has 2 aromatic rings. The fourth-order valence-corrected chi connectivity index (χ4v) is 2.43. The maximum atomic E-state index is 9.04. The number of benzene rings is 1. The van der Waals surface area contributed by atoms with Crippen LogP contribution in [0.4, 0.5) is 0 Å². The van der Waals surface area contributed by atoms with Gasteiger partial charge in [-0.05, 0) is 12.1 Å². The van der Waals surface area contributed by atoms with E-state index >= 15 is 0 Å². The fraction of sp³-hybridized carbons (Fsp3) is 0.182. The maximum Gasteiger partial charge on any atom is 0.146 e. The van der Waals surface area contributed by atoms with Gasteiger partial charge in [-0.15, -0.1) is 11.3 Å². The summed E-state index contributed by atoms with van der Waals surface area (Å²) in [6, 6.07) is 7.57. The molecule has 0 bridgehead atoms. The number of methoxy groups -OCH3 is 1. The summed E-state index contributed by atoms with van der Waals surface area (Å²) in [7, 11) is 1.62. The van der Waals surface area contributed by atoms with Gasteiger partial charge in [0.1, 0.15) is 15.9 Å². The molecule has 0 amide bonds. The first kappa shape index (κ1) is 11.4. The Bertz CT molecular complexity index is 498. The van der Waals surface area contributed by atoms with Crippen LogP contribution in [0.25, 0.3) is 10.6 Å². The molecule has 1 N–H and O–H groups in total. The van der Waals surface area contributed by atoms with E-state index in [2.05, 4.69) is 4.98 Å².